The van der Waals surface area contributed by atoms with Gasteiger partial charge in [0.2, 0.25) is 0 Å². The van der Waals surface area contributed by atoms with E-state index in [2.05, 4.69) is 4.99 Å². The first-order valence-electron chi connectivity index (χ1n) is 7.64. The van der Waals surface area contributed by atoms with Crippen LogP contribution in [-0.2, 0) is 20.9 Å². The molecule has 3 aromatic rings. The van der Waals surface area contributed by atoms with Gasteiger partial charge in [0, 0.05) is 6.08 Å². The van der Waals surface area contributed by atoms with Gasteiger partial charge in [0.05, 0.1) is 17.3 Å². The third-order valence-corrected chi connectivity index (χ3v) is 4.59. The Morgan fingerprint density at radius 1 is 1.12 bits per heavy atom. The van der Waals surface area contributed by atoms with Crippen molar-refractivity contribution in [2.45, 2.75) is 6.54 Å². The van der Waals surface area contributed by atoms with E-state index in [1.807, 2.05) is 54.6 Å². The molecule has 0 N–H and O–H groups in total. The van der Waals surface area contributed by atoms with Gasteiger partial charge in [-0.2, -0.15) is 4.99 Å². The summed E-state index contributed by atoms with van der Waals surface area (Å²) in [5, 5.41) is 0. The second-order valence-corrected chi connectivity index (χ2v) is 6.22. The predicted octanol–water partition coefficient (Wildman–Crippen LogP) is 3.02. The summed E-state index contributed by atoms with van der Waals surface area (Å²) >= 11 is 1.36. The minimum Gasteiger partial charge on any atom is -0.468 e. The fraction of sp³-hybridized carbons (Fsp3) is 0.105. The van der Waals surface area contributed by atoms with Crippen LogP contribution in [0, 0.1) is 0 Å². The smallest absolute Gasteiger partial charge is 0.325 e. The molecule has 1 amide bonds. The monoisotopic (exact) mass is 352 g/mol. The summed E-state index contributed by atoms with van der Waals surface area (Å²) in [6.07, 6.45) is 3.13. The number of ether oxygens (including phenoxy) is 1. The van der Waals surface area contributed by atoms with E-state index in [4.69, 9.17) is 4.74 Å². The molecule has 2 aromatic carbocycles. The van der Waals surface area contributed by atoms with Crippen LogP contribution in [0.2, 0.25) is 0 Å². The Bertz CT molecular complexity index is 1000. The number of para-hydroxylation sites is 1. The molecule has 0 spiro atoms. The summed E-state index contributed by atoms with van der Waals surface area (Å²) in [6.45, 7) is 0.00895. The Morgan fingerprint density at radius 3 is 2.60 bits per heavy atom. The summed E-state index contributed by atoms with van der Waals surface area (Å²) in [6, 6.07) is 17.1. The highest BCUT2D eigenvalue weighted by molar-refractivity contribution is 7.16. The van der Waals surface area contributed by atoms with Crippen molar-refractivity contribution in [2.24, 2.45) is 4.99 Å². The number of esters is 1. The van der Waals surface area contributed by atoms with E-state index in [0.29, 0.717) is 4.80 Å². The van der Waals surface area contributed by atoms with Gasteiger partial charge in [0.15, 0.2) is 4.80 Å². The molecule has 0 atom stereocenters. The third kappa shape index (κ3) is 4.10. The number of amides is 1. The largest absolute Gasteiger partial charge is 0.468 e. The molecule has 0 radical (unpaired) electrons. The average molecular weight is 352 g/mol. The van der Waals surface area contributed by atoms with Crippen LogP contribution in [0.25, 0.3) is 16.3 Å². The number of fused-ring (bicyclic) bond motifs is 1. The molecule has 0 aliphatic heterocycles. The van der Waals surface area contributed by atoms with Crippen molar-refractivity contribution in [3.8, 4) is 0 Å². The first kappa shape index (κ1) is 16.9. The summed E-state index contributed by atoms with van der Waals surface area (Å²) < 4.78 is 7.39. The Hall–Kier alpha value is -2.99. The Kier molecular flexibility index (Phi) is 5.20. The number of carbonyl (C=O) groups excluding carboxylic acids is 2. The van der Waals surface area contributed by atoms with Gasteiger partial charge in [-0.15, -0.1) is 0 Å². The van der Waals surface area contributed by atoms with Crippen molar-refractivity contribution in [2.75, 3.05) is 7.11 Å². The molecule has 0 saturated carbocycles. The molecular formula is C19H16N2O3S. The molecule has 3 rings (SSSR count). The highest BCUT2D eigenvalue weighted by atomic mass is 32.1. The molecule has 0 saturated heterocycles. The first-order chi connectivity index (χ1) is 12.2. The van der Waals surface area contributed by atoms with E-state index in [1.54, 1.807) is 10.6 Å². The van der Waals surface area contributed by atoms with Gasteiger partial charge in [0.1, 0.15) is 6.54 Å². The van der Waals surface area contributed by atoms with Crippen molar-refractivity contribution in [1.29, 1.82) is 0 Å². The number of hydrogen-bond acceptors (Lipinski definition) is 4. The minimum absolute atomic E-state index is 0.00895. The lowest BCUT2D eigenvalue weighted by molar-refractivity contribution is -0.141. The van der Waals surface area contributed by atoms with Crippen LogP contribution < -0.4 is 4.80 Å². The van der Waals surface area contributed by atoms with Gasteiger partial charge >= 0.3 is 5.97 Å². The molecule has 126 valence electrons. The number of methoxy groups -OCH3 is 1. The zero-order valence-electron chi connectivity index (χ0n) is 13.6. The van der Waals surface area contributed by atoms with Crippen molar-refractivity contribution >= 4 is 39.5 Å². The lowest BCUT2D eigenvalue weighted by Crippen LogP contribution is -2.22. The van der Waals surface area contributed by atoms with Crippen molar-refractivity contribution in [3.05, 3.63) is 71.0 Å². The van der Waals surface area contributed by atoms with Crippen molar-refractivity contribution < 1.29 is 14.3 Å². The van der Waals surface area contributed by atoms with Crippen LogP contribution in [0.1, 0.15) is 5.56 Å². The molecule has 1 heterocycles. The van der Waals surface area contributed by atoms with Crippen LogP contribution >= 0.6 is 11.3 Å². The standard InChI is InChI=1S/C19H16N2O3S/c1-24-18(23)13-21-15-9-5-6-10-16(15)25-19(21)20-17(22)12-11-14-7-3-2-4-8-14/h2-12H,13H2,1H3/b12-11+,20-19?. The van der Waals surface area contributed by atoms with Crippen molar-refractivity contribution in [3.63, 3.8) is 0 Å². The summed E-state index contributed by atoms with van der Waals surface area (Å²) in [4.78, 5) is 28.5. The maximum Gasteiger partial charge on any atom is 0.325 e. The number of nitrogens with zero attached hydrogens (tertiary/aromatic N) is 2. The van der Waals surface area contributed by atoms with Gasteiger partial charge in [-0.25, -0.2) is 0 Å². The number of benzene rings is 2. The van der Waals surface area contributed by atoms with E-state index in [-0.39, 0.29) is 12.5 Å². The van der Waals surface area contributed by atoms with Crippen LogP contribution in [-0.4, -0.2) is 23.6 Å². The fourth-order valence-corrected chi connectivity index (χ4v) is 3.35. The number of aromatic nitrogens is 1. The topological polar surface area (TPSA) is 60.7 Å². The molecule has 5 nitrogen and oxygen atoms in total. The summed E-state index contributed by atoms with van der Waals surface area (Å²) in [7, 11) is 1.34. The molecular weight excluding hydrogens is 336 g/mol. The molecule has 1 aromatic heterocycles. The van der Waals surface area contributed by atoms with Gasteiger partial charge in [0.25, 0.3) is 5.91 Å². The molecule has 0 aliphatic carbocycles. The highest BCUT2D eigenvalue weighted by Crippen LogP contribution is 2.16. The second kappa shape index (κ2) is 7.72. The third-order valence-electron chi connectivity index (χ3n) is 3.53. The predicted molar refractivity (Wildman–Crippen MR) is 97.9 cm³/mol. The van der Waals surface area contributed by atoms with Crippen LogP contribution in [0.4, 0.5) is 0 Å². The molecule has 0 fully saturated rings. The zero-order valence-corrected chi connectivity index (χ0v) is 14.4. The summed E-state index contributed by atoms with van der Waals surface area (Å²) in [5.41, 5.74) is 1.77. The fourth-order valence-electron chi connectivity index (χ4n) is 2.32. The van der Waals surface area contributed by atoms with E-state index >= 15 is 0 Å². The van der Waals surface area contributed by atoms with E-state index in [0.717, 1.165) is 15.8 Å². The second-order valence-electron chi connectivity index (χ2n) is 5.21. The van der Waals surface area contributed by atoms with Crippen LogP contribution in [0.5, 0.6) is 0 Å². The molecule has 0 unspecified atom stereocenters. The van der Waals surface area contributed by atoms with Crippen LogP contribution in [0.3, 0.4) is 0 Å². The number of hydrogen-bond donors (Lipinski definition) is 0. The lowest BCUT2D eigenvalue weighted by atomic mass is 10.2. The van der Waals surface area contributed by atoms with Crippen LogP contribution in [0.15, 0.2) is 65.7 Å². The normalized spacial score (nSPS) is 12.0. The molecule has 6 heteroatoms. The first-order valence-corrected chi connectivity index (χ1v) is 8.46. The van der Waals surface area contributed by atoms with Gasteiger partial charge in [-0.1, -0.05) is 53.8 Å². The SMILES string of the molecule is COC(=O)Cn1c(=NC(=O)/C=C/c2ccccc2)sc2ccccc21. The van der Waals surface area contributed by atoms with E-state index in [9.17, 15) is 9.59 Å². The zero-order chi connectivity index (χ0) is 17.6. The lowest BCUT2D eigenvalue weighted by Gasteiger charge is -2.02. The van der Waals surface area contributed by atoms with Gasteiger partial charge in [-0.05, 0) is 23.8 Å². The van der Waals surface area contributed by atoms with E-state index < -0.39 is 5.97 Å². The molecule has 25 heavy (non-hydrogen) atoms. The Morgan fingerprint density at radius 2 is 1.84 bits per heavy atom. The molecule has 0 bridgehead atoms. The quantitative estimate of drug-likeness (QED) is 0.536. The van der Waals surface area contributed by atoms with Gasteiger partial charge in [-0.3, -0.25) is 9.59 Å². The van der Waals surface area contributed by atoms with Crippen molar-refractivity contribution in [1.82, 2.24) is 4.57 Å². The number of carbonyl (C=O) groups is 2. The van der Waals surface area contributed by atoms with E-state index in [1.165, 1.54) is 24.5 Å². The average Bonchev–Trinajstić information content (AvgIpc) is 2.98. The highest BCUT2D eigenvalue weighted by Gasteiger charge is 2.10. The minimum atomic E-state index is -0.391. The molecule has 0 aliphatic rings. The Labute approximate surface area is 148 Å². The summed E-state index contributed by atoms with van der Waals surface area (Å²) in [5.74, 6) is -0.772. The maximum absolute atomic E-state index is 12.2. The Balaban J connectivity index is 1.97. The maximum atomic E-state index is 12.2. The number of thiazole rings is 1. The number of rotatable bonds is 4. The van der Waals surface area contributed by atoms with Gasteiger partial charge < -0.3 is 9.30 Å².